The molecule has 0 aliphatic rings. The Morgan fingerprint density at radius 2 is 1.90 bits per heavy atom. The first-order valence-corrected chi connectivity index (χ1v) is 6.21. The van der Waals surface area contributed by atoms with Crippen LogP contribution in [-0.4, -0.2) is 15.8 Å². The summed E-state index contributed by atoms with van der Waals surface area (Å²) in [5.41, 5.74) is 2.26. The van der Waals surface area contributed by atoms with E-state index in [-0.39, 0.29) is 11.6 Å². The number of hydrogen-bond donors (Lipinski definition) is 1. The van der Waals surface area contributed by atoms with Crippen LogP contribution in [0.25, 0.3) is 12.2 Å². The van der Waals surface area contributed by atoms with E-state index >= 15 is 0 Å². The predicted octanol–water partition coefficient (Wildman–Crippen LogP) is 3.12. The minimum Gasteiger partial charge on any atom is -0.326 e. The first-order valence-electron chi connectivity index (χ1n) is 6.21. The molecule has 6 heteroatoms. The molecule has 0 radical (unpaired) electrons. The van der Waals surface area contributed by atoms with E-state index in [0.29, 0.717) is 5.69 Å². The Morgan fingerprint density at radius 1 is 1.19 bits per heavy atom. The van der Waals surface area contributed by atoms with E-state index in [0.717, 1.165) is 11.3 Å². The molecule has 1 aromatic carbocycles. The Bertz CT molecular complexity index is 676. The molecule has 0 aliphatic heterocycles. The van der Waals surface area contributed by atoms with E-state index in [9.17, 15) is 14.9 Å². The third kappa shape index (κ3) is 4.24. The lowest BCUT2D eigenvalue weighted by Gasteiger charge is -2.01. The van der Waals surface area contributed by atoms with Gasteiger partial charge in [0, 0.05) is 18.7 Å². The van der Waals surface area contributed by atoms with Crippen molar-refractivity contribution in [2.75, 3.05) is 5.32 Å². The summed E-state index contributed by atoms with van der Waals surface area (Å²) in [4.78, 5) is 24.9. The molecule has 2 aromatic rings. The van der Waals surface area contributed by atoms with Crippen molar-refractivity contribution in [1.82, 2.24) is 4.98 Å². The van der Waals surface area contributed by atoms with E-state index in [2.05, 4.69) is 10.3 Å². The summed E-state index contributed by atoms with van der Waals surface area (Å²) in [7, 11) is 0. The number of nitrogens with one attached hydrogen (secondary N) is 1. The van der Waals surface area contributed by atoms with Crippen LogP contribution in [0.5, 0.6) is 0 Å². The first-order chi connectivity index (χ1) is 10.0. The van der Waals surface area contributed by atoms with Gasteiger partial charge < -0.3 is 5.32 Å². The molecule has 2 rings (SSSR count). The quantitative estimate of drug-likeness (QED) is 0.690. The van der Waals surface area contributed by atoms with E-state index < -0.39 is 4.92 Å². The lowest BCUT2D eigenvalue weighted by atomic mass is 10.2. The lowest BCUT2D eigenvalue weighted by Crippen LogP contribution is -2.05. The Hall–Kier alpha value is -3.02. The molecule has 0 aliphatic carbocycles. The molecule has 0 saturated heterocycles. The Labute approximate surface area is 121 Å². The van der Waals surface area contributed by atoms with Crippen molar-refractivity contribution >= 4 is 29.4 Å². The summed E-state index contributed by atoms with van der Waals surface area (Å²) in [6.07, 6.45) is 4.82. The highest BCUT2D eigenvalue weighted by Crippen LogP contribution is 2.13. The summed E-state index contributed by atoms with van der Waals surface area (Å²) < 4.78 is 0. The van der Waals surface area contributed by atoms with E-state index in [1.165, 1.54) is 19.2 Å². The predicted molar refractivity (Wildman–Crippen MR) is 80.6 cm³/mol. The maximum Gasteiger partial charge on any atom is 0.287 e. The van der Waals surface area contributed by atoms with Gasteiger partial charge in [0.05, 0.1) is 10.6 Å². The minimum atomic E-state index is -0.485. The number of amides is 1. The summed E-state index contributed by atoms with van der Waals surface area (Å²) >= 11 is 0. The molecule has 106 valence electrons. The van der Waals surface area contributed by atoms with Crippen LogP contribution < -0.4 is 5.32 Å². The van der Waals surface area contributed by atoms with Crippen molar-refractivity contribution in [1.29, 1.82) is 0 Å². The molecule has 0 fully saturated rings. The van der Waals surface area contributed by atoms with Gasteiger partial charge in [0.15, 0.2) is 0 Å². The van der Waals surface area contributed by atoms with Gasteiger partial charge in [0.25, 0.3) is 5.69 Å². The average Bonchev–Trinajstić information content (AvgIpc) is 2.46. The lowest BCUT2D eigenvalue weighted by molar-refractivity contribution is -0.385. The second kappa shape index (κ2) is 6.42. The molecule has 0 spiro atoms. The fourth-order valence-electron chi connectivity index (χ4n) is 1.67. The maximum absolute atomic E-state index is 10.9. The largest absolute Gasteiger partial charge is 0.326 e. The zero-order valence-corrected chi connectivity index (χ0v) is 11.3. The number of benzene rings is 1. The molecule has 0 unspecified atom stereocenters. The van der Waals surface area contributed by atoms with Crippen LogP contribution in [0.15, 0.2) is 42.6 Å². The average molecular weight is 283 g/mol. The molecular weight excluding hydrogens is 270 g/mol. The van der Waals surface area contributed by atoms with Crippen molar-refractivity contribution in [2.24, 2.45) is 0 Å². The first kappa shape index (κ1) is 14.4. The summed E-state index contributed by atoms with van der Waals surface area (Å²) in [6.45, 7) is 1.45. The number of aromatic nitrogens is 1. The SMILES string of the molecule is CC(=O)Nc1ccc(C=Cc2ccc([N+](=O)[O-])cn2)cc1. The fraction of sp³-hybridized carbons (Fsp3) is 0.0667. The van der Waals surface area contributed by atoms with Crippen molar-refractivity contribution < 1.29 is 9.72 Å². The van der Waals surface area contributed by atoms with Gasteiger partial charge in [-0.3, -0.25) is 14.9 Å². The molecule has 1 N–H and O–H groups in total. The zero-order chi connectivity index (χ0) is 15.2. The van der Waals surface area contributed by atoms with Gasteiger partial charge in [-0.25, -0.2) is 4.98 Å². The number of nitrogens with zero attached hydrogens (tertiary/aromatic N) is 2. The number of nitro groups is 1. The monoisotopic (exact) mass is 283 g/mol. The van der Waals surface area contributed by atoms with Gasteiger partial charge in [-0.2, -0.15) is 0 Å². The minimum absolute atomic E-state index is 0.0354. The second-order valence-electron chi connectivity index (χ2n) is 4.33. The number of anilines is 1. The molecule has 0 atom stereocenters. The number of carbonyl (C=O) groups excluding carboxylic acids is 1. The Kier molecular flexibility index (Phi) is 4.40. The third-order valence-electron chi connectivity index (χ3n) is 2.66. The molecule has 0 saturated carbocycles. The van der Waals surface area contributed by atoms with E-state index in [1.54, 1.807) is 24.3 Å². The van der Waals surface area contributed by atoms with Crippen LogP contribution in [0, 0.1) is 10.1 Å². The van der Waals surface area contributed by atoms with Gasteiger partial charge in [-0.05, 0) is 29.8 Å². The zero-order valence-electron chi connectivity index (χ0n) is 11.3. The van der Waals surface area contributed by atoms with Crippen LogP contribution in [0.3, 0.4) is 0 Å². The smallest absolute Gasteiger partial charge is 0.287 e. The standard InChI is InChI=1S/C15H13N3O3/c1-11(19)17-14-6-3-12(4-7-14)2-5-13-8-9-15(10-16-13)18(20)21/h2-10H,1H3,(H,17,19). The third-order valence-corrected chi connectivity index (χ3v) is 2.66. The van der Waals surface area contributed by atoms with Crippen molar-refractivity contribution in [2.45, 2.75) is 6.92 Å². The number of carbonyl (C=O) groups is 1. The van der Waals surface area contributed by atoms with Crippen molar-refractivity contribution in [3.63, 3.8) is 0 Å². The molecule has 0 bridgehead atoms. The summed E-state index contributed by atoms with van der Waals surface area (Å²) in [6, 6.07) is 10.3. The van der Waals surface area contributed by atoms with E-state index in [4.69, 9.17) is 0 Å². The number of hydrogen-bond acceptors (Lipinski definition) is 4. The molecule has 1 heterocycles. The van der Waals surface area contributed by atoms with E-state index in [1.807, 2.05) is 18.2 Å². The molecular formula is C15H13N3O3. The number of pyridine rings is 1. The van der Waals surface area contributed by atoms with Crippen LogP contribution in [0.2, 0.25) is 0 Å². The Morgan fingerprint density at radius 3 is 2.43 bits per heavy atom. The van der Waals surface area contributed by atoms with Gasteiger partial charge in [0.1, 0.15) is 6.20 Å². The highest BCUT2D eigenvalue weighted by atomic mass is 16.6. The summed E-state index contributed by atoms with van der Waals surface area (Å²) in [5.74, 6) is -0.117. The molecule has 6 nitrogen and oxygen atoms in total. The van der Waals surface area contributed by atoms with Crippen LogP contribution in [0.1, 0.15) is 18.2 Å². The maximum atomic E-state index is 10.9. The van der Waals surface area contributed by atoms with Gasteiger partial charge in [0.2, 0.25) is 5.91 Å². The highest BCUT2D eigenvalue weighted by Gasteiger charge is 2.03. The van der Waals surface area contributed by atoms with Crippen LogP contribution >= 0.6 is 0 Å². The van der Waals surface area contributed by atoms with Gasteiger partial charge >= 0.3 is 0 Å². The summed E-state index contributed by atoms with van der Waals surface area (Å²) in [5, 5.41) is 13.2. The topological polar surface area (TPSA) is 85.1 Å². The van der Waals surface area contributed by atoms with Crippen LogP contribution in [-0.2, 0) is 4.79 Å². The second-order valence-corrected chi connectivity index (χ2v) is 4.33. The number of rotatable bonds is 4. The fourth-order valence-corrected chi connectivity index (χ4v) is 1.67. The molecule has 1 aromatic heterocycles. The van der Waals surface area contributed by atoms with Gasteiger partial charge in [-0.15, -0.1) is 0 Å². The Balaban J connectivity index is 2.06. The van der Waals surface area contributed by atoms with Crippen molar-refractivity contribution in [3.8, 4) is 0 Å². The highest BCUT2D eigenvalue weighted by molar-refractivity contribution is 5.88. The normalized spacial score (nSPS) is 10.5. The van der Waals surface area contributed by atoms with Gasteiger partial charge in [-0.1, -0.05) is 18.2 Å². The van der Waals surface area contributed by atoms with Crippen LogP contribution in [0.4, 0.5) is 11.4 Å². The molecule has 21 heavy (non-hydrogen) atoms. The van der Waals surface area contributed by atoms with Crippen molar-refractivity contribution in [3.05, 3.63) is 64.0 Å². The molecule has 1 amide bonds.